The van der Waals surface area contributed by atoms with Crippen LogP contribution in [0, 0.1) is 0 Å². The SMILES string of the molecule is COc1cccc(-c2cc[nH+]c3c2c(=O)[nH]c(=O)n3Cc2ccco2)c1. The van der Waals surface area contributed by atoms with E-state index in [1.54, 1.807) is 37.8 Å². The van der Waals surface area contributed by atoms with Crippen LogP contribution in [-0.2, 0) is 6.54 Å². The Morgan fingerprint density at radius 1 is 1.19 bits per heavy atom. The van der Waals surface area contributed by atoms with Crippen molar-refractivity contribution < 1.29 is 14.1 Å². The summed E-state index contributed by atoms with van der Waals surface area (Å²) in [4.78, 5) is 30.3. The van der Waals surface area contributed by atoms with Gasteiger partial charge < -0.3 is 9.15 Å². The third-order valence-electron chi connectivity index (χ3n) is 4.21. The number of benzene rings is 1. The lowest BCUT2D eigenvalue weighted by Crippen LogP contribution is -2.34. The molecular weight excluding hydrogens is 334 g/mol. The number of aromatic nitrogens is 3. The first-order chi connectivity index (χ1) is 12.7. The number of nitrogens with zero attached hydrogens (tertiary/aromatic N) is 1. The van der Waals surface area contributed by atoms with E-state index in [1.165, 1.54) is 4.57 Å². The lowest BCUT2D eigenvalue weighted by molar-refractivity contribution is -0.349. The number of methoxy groups -OCH3 is 1. The van der Waals surface area contributed by atoms with Gasteiger partial charge in [0.1, 0.15) is 16.9 Å². The predicted octanol–water partition coefficient (Wildman–Crippen LogP) is 1.82. The molecule has 0 aliphatic heterocycles. The van der Waals surface area contributed by atoms with Crippen molar-refractivity contribution >= 4 is 11.0 Å². The Hall–Kier alpha value is -3.61. The van der Waals surface area contributed by atoms with Crippen LogP contribution in [0.5, 0.6) is 5.75 Å². The minimum absolute atomic E-state index is 0.206. The van der Waals surface area contributed by atoms with Crippen LogP contribution in [0.4, 0.5) is 0 Å². The van der Waals surface area contributed by atoms with Crippen molar-refractivity contribution in [2.45, 2.75) is 6.54 Å². The molecule has 2 N–H and O–H groups in total. The first-order valence-electron chi connectivity index (χ1n) is 8.01. The molecule has 0 unspecified atom stereocenters. The molecule has 0 saturated carbocycles. The molecule has 0 saturated heterocycles. The zero-order valence-electron chi connectivity index (χ0n) is 14.0. The molecule has 0 atom stereocenters. The summed E-state index contributed by atoms with van der Waals surface area (Å²) in [6.07, 6.45) is 3.24. The molecule has 3 heterocycles. The summed E-state index contributed by atoms with van der Waals surface area (Å²) in [6, 6.07) is 12.7. The van der Waals surface area contributed by atoms with Crippen molar-refractivity contribution in [3.63, 3.8) is 0 Å². The highest BCUT2D eigenvalue weighted by Crippen LogP contribution is 2.26. The molecule has 7 nitrogen and oxygen atoms in total. The smallest absolute Gasteiger partial charge is 0.416 e. The van der Waals surface area contributed by atoms with E-state index in [9.17, 15) is 9.59 Å². The molecule has 0 aliphatic rings. The molecule has 4 aromatic rings. The van der Waals surface area contributed by atoms with Crippen molar-refractivity contribution in [3.05, 3.63) is 81.5 Å². The van der Waals surface area contributed by atoms with Gasteiger partial charge in [-0.05, 0) is 35.9 Å². The Bertz CT molecular complexity index is 1190. The number of rotatable bonds is 4. The van der Waals surface area contributed by atoms with E-state index in [-0.39, 0.29) is 6.54 Å². The van der Waals surface area contributed by atoms with Gasteiger partial charge in [0.15, 0.2) is 6.54 Å². The maximum atomic E-state index is 12.6. The Kier molecular flexibility index (Phi) is 3.89. The number of H-pyrrole nitrogens is 2. The number of hydrogen-bond donors (Lipinski definition) is 1. The van der Waals surface area contributed by atoms with Crippen LogP contribution in [0.25, 0.3) is 22.2 Å². The quantitative estimate of drug-likeness (QED) is 0.608. The summed E-state index contributed by atoms with van der Waals surface area (Å²) in [7, 11) is 1.59. The summed E-state index contributed by atoms with van der Waals surface area (Å²) >= 11 is 0. The molecule has 0 fully saturated rings. The van der Waals surface area contributed by atoms with Gasteiger partial charge in [0.05, 0.1) is 19.6 Å². The van der Waals surface area contributed by atoms with E-state index in [4.69, 9.17) is 9.15 Å². The Morgan fingerprint density at radius 2 is 2.08 bits per heavy atom. The average molecular weight is 350 g/mol. The minimum atomic E-state index is -0.502. The fourth-order valence-corrected chi connectivity index (χ4v) is 3.00. The van der Waals surface area contributed by atoms with Gasteiger partial charge in [0.25, 0.3) is 11.2 Å². The van der Waals surface area contributed by atoms with E-state index >= 15 is 0 Å². The van der Waals surface area contributed by atoms with E-state index in [0.29, 0.717) is 28.1 Å². The highest BCUT2D eigenvalue weighted by atomic mass is 16.5. The fraction of sp³-hybridized carbons (Fsp3) is 0.105. The van der Waals surface area contributed by atoms with Crippen LogP contribution in [0.2, 0.25) is 0 Å². The molecule has 0 aliphatic carbocycles. The molecule has 1 aromatic carbocycles. The average Bonchev–Trinajstić information content (AvgIpc) is 3.18. The van der Waals surface area contributed by atoms with Crippen LogP contribution in [0.15, 0.2) is 68.9 Å². The minimum Gasteiger partial charge on any atom is -0.497 e. The number of furan rings is 1. The standard InChI is InChI=1S/C19H15N3O4/c1-25-13-5-2-4-12(10-13)15-7-8-20-17-16(15)18(23)21-19(24)22(17)11-14-6-3-9-26-14/h2-10H,11H2,1H3,(H,21,23,24)/p+1. The molecule has 130 valence electrons. The second kappa shape index (κ2) is 6.36. The molecule has 3 aromatic heterocycles. The molecule has 0 spiro atoms. The first kappa shape index (κ1) is 15.9. The summed E-state index contributed by atoms with van der Waals surface area (Å²) < 4.78 is 12.0. The second-order valence-corrected chi connectivity index (χ2v) is 5.77. The molecule has 0 amide bonds. The fourth-order valence-electron chi connectivity index (χ4n) is 3.00. The molecule has 4 rings (SSSR count). The lowest BCUT2D eigenvalue weighted by Gasteiger charge is -2.07. The van der Waals surface area contributed by atoms with Gasteiger partial charge in [-0.2, -0.15) is 4.57 Å². The largest absolute Gasteiger partial charge is 0.497 e. The van der Waals surface area contributed by atoms with Crippen molar-refractivity contribution in [2.75, 3.05) is 7.11 Å². The first-order valence-corrected chi connectivity index (χ1v) is 8.01. The molecular formula is C19H16N3O4+. The number of pyridine rings is 1. The van der Waals surface area contributed by atoms with Gasteiger partial charge in [-0.15, -0.1) is 0 Å². The number of aromatic amines is 2. The second-order valence-electron chi connectivity index (χ2n) is 5.77. The lowest BCUT2D eigenvalue weighted by atomic mass is 10.0. The molecule has 7 heteroatoms. The molecule has 0 bridgehead atoms. The summed E-state index contributed by atoms with van der Waals surface area (Å²) in [6.45, 7) is 0.206. The van der Waals surface area contributed by atoms with Gasteiger partial charge in [0.2, 0.25) is 0 Å². The van der Waals surface area contributed by atoms with Crippen LogP contribution in [0.1, 0.15) is 5.76 Å². The van der Waals surface area contributed by atoms with Gasteiger partial charge >= 0.3 is 5.69 Å². The van der Waals surface area contributed by atoms with E-state index < -0.39 is 11.2 Å². The third kappa shape index (κ3) is 2.69. The van der Waals surface area contributed by atoms with Crippen LogP contribution < -0.4 is 21.0 Å². The summed E-state index contributed by atoms with van der Waals surface area (Å²) in [5.74, 6) is 1.30. The Balaban J connectivity index is 1.99. The monoisotopic (exact) mass is 350 g/mol. The van der Waals surface area contributed by atoms with Crippen molar-refractivity contribution in [1.82, 2.24) is 9.55 Å². The maximum Gasteiger partial charge on any atom is 0.416 e. The topological polar surface area (TPSA) is 91.4 Å². The number of hydrogen-bond acceptors (Lipinski definition) is 4. The van der Waals surface area contributed by atoms with Gasteiger partial charge in [-0.1, -0.05) is 12.1 Å². The Morgan fingerprint density at radius 3 is 2.85 bits per heavy atom. The highest BCUT2D eigenvalue weighted by molar-refractivity contribution is 5.90. The summed E-state index contributed by atoms with van der Waals surface area (Å²) in [5, 5.41) is 0.395. The number of nitrogens with one attached hydrogen (secondary N) is 2. The van der Waals surface area contributed by atoms with E-state index in [0.717, 1.165) is 5.56 Å². The predicted molar refractivity (Wildman–Crippen MR) is 95.2 cm³/mol. The van der Waals surface area contributed by atoms with Gasteiger partial charge in [0, 0.05) is 5.56 Å². The summed E-state index contributed by atoms with van der Waals surface area (Å²) in [5.41, 5.74) is 0.993. The van der Waals surface area contributed by atoms with E-state index in [2.05, 4.69) is 9.97 Å². The third-order valence-corrected chi connectivity index (χ3v) is 4.21. The van der Waals surface area contributed by atoms with Gasteiger partial charge in [-0.3, -0.25) is 9.78 Å². The molecule has 26 heavy (non-hydrogen) atoms. The maximum absolute atomic E-state index is 12.6. The van der Waals surface area contributed by atoms with Crippen LogP contribution in [-0.4, -0.2) is 16.7 Å². The van der Waals surface area contributed by atoms with Crippen LogP contribution >= 0.6 is 0 Å². The number of fused-ring (bicyclic) bond motifs is 1. The normalized spacial score (nSPS) is 11.0. The van der Waals surface area contributed by atoms with Crippen molar-refractivity contribution in [1.29, 1.82) is 0 Å². The Labute approximate surface area is 147 Å². The number of ether oxygens (including phenoxy) is 1. The van der Waals surface area contributed by atoms with Crippen molar-refractivity contribution in [3.8, 4) is 16.9 Å². The van der Waals surface area contributed by atoms with Crippen LogP contribution in [0.3, 0.4) is 0 Å². The molecule has 0 radical (unpaired) electrons. The van der Waals surface area contributed by atoms with Crippen molar-refractivity contribution in [2.24, 2.45) is 0 Å². The zero-order chi connectivity index (χ0) is 18.1. The van der Waals surface area contributed by atoms with Gasteiger partial charge in [-0.25, -0.2) is 9.78 Å². The zero-order valence-corrected chi connectivity index (χ0v) is 14.0. The van der Waals surface area contributed by atoms with E-state index in [1.807, 2.05) is 24.3 Å². The highest BCUT2D eigenvalue weighted by Gasteiger charge is 2.20.